The molecule has 2 unspecified atom stereocenters. The molecule has 11 heteroatoms. The van der Waals surface area contributed by atoms with E-state index in [0.717, 1.165) is 0 Å². The average molecular weight is 412 g/mol. The molecule has 0 amide bonds. The van der Waals surface area contributed by atoms with Crippen LogP contribution in [0.25, 0.3) is 0 Å². The van der Waals surface area contributed by atoms with Crippen LogP contribution in [-0.2, 0) is 42.7 Å². The van der Waals surface area contributed by atoms with E-state index in [1.807, 2.05) is 0 Å². The monoisotopic (exact) mass is 412 g/mol. The number of carbonyl (C=O) groups excluding carboxylic acids is 4. The second-order valence-electron chi connectivity index (χ2n) is 6.10. The summed E-state index contributed by atoms with van der Waals surface area (Å²) in [6, 6.07) is 0. The van der Waals surface area contributed by atoms with E-state index in [1.165, 1.54) is 13.8 Å². The smallest absolute Gasteiger partial charge is 0.452 e. The number of hydrogen-bond acceptors (Lipinski definition) is 11. The Morgan fingerprint density at radius 1 is 0.966 bits per heavy atom. The van der Waals surface area contributed by atoms with E-state index in [9.17, 15) is 19.2 Å². The lowest BCUT2D eigenvalue weighted by Crippen LogP contribution is -2.62. The van der Waals surface area contributed by atoms with Crippen LogP contribution in [0.2, 0.25) is 0 Å². The third kappa shape index (κ3) is 4.67. The van der Waals surface area contributed by atoms with Crippen LogP contribution in [0.5, 0.6) is 0 Å². The number of esters is 2. The number of carbonyl (C=O) groups is 4. The Bertz CT molecular complexity index is 671. The summed E-state index contributed by atoms with van der Waals surface area (Å²) in [6.07, 6.45) is -6.29. The topological polar surface area (TPSA) is 133 Å². The van der Waals surface area contributed by atoms with Gasteiger partial charge in [-0.1, -0.05) is 13.2 Å². The van der Waals surface area contributed by atoms with Gasteiger partial charge >= 0.3 is 30.5 Å². The second kappa shape index (κ2) is 8.95. The van der Waals surface area contributed by atoms with Gasteiger partial charge in [-0.05, 0) is 20.8 Å². The van der Waals surface area contributed by atoms with Crippen molar-refractivity contribution in [2.75, 3.05) is 19.8 Å². The van der Waals surface area contributed by atoms with Gasteiger partial charge in [-0.3, -0.25) is 0 Å². The van der Waals surface area contributed by atoms with Crippen LogP contribution >= 0.6 is 0 Å². The number of cyclic esters (lactones) is 2. The second-order valence-corrected chi connectivity index (χ2v) is 6.10. The third-order valence-electron chi connectivity index (χ3n) is 3.87. The zero-order chi connectivity index (χ0) is 21.8. The lowest BCUT2D eigenvalue weighted by Gasteiger charge is -2.41. The summed E-state index contributed by atoms with van der Waals surface area (Å²) in [5.74, 6) is -1.75. The quantitative estimate of drug-likeness (QED) is 0.356. The molecule has 2 atom stereocenters. The van der Waals surface area contributed by atoms with Crippen molar-refractivity contribution in [3.63, 3.8) is 0 Å². The van der Waals surface area contributed by atoms with E-state index < -0.39 is 61.6 Å². The fraction of sp³-hybridized carbons (Fsp3) is 0.444. The van der Waals surface area contributed by atoms with E-state index in [1.54, 1.807) is 0 Å². The fourth-order valence-corrected chi connectivity index (χ4v) is 2.51. The van der Waals surface area contributed by atoms with Crippen molar-refractivity contribution in [3.8, 4) is 0 Å². The van der Waals surface area contributed by atoms with Crippen LogP contribution in [0.4, 0.5) is 9.59 Å². The molecule has 2 rings (SSSR count). The number of rotatable bonds is 6. The number of fused-ring (bicyclic) bond motifs is 1. The molecular weight excluding hydrogens is 392 g/mol. The predicted molar refractivity (Wildman–Crippen MR) is 91.5 cm³/mol. The summed E-state index contributed by atoms with van der Waals surface area (Å²) < 4.78 is 35.9. The zero-order valence-electron chi connectivity index (χ0n) is 15.9. The van der Waals surface area contributed by atoms with Crippen LogP contribution in [-0.4, -0.2) is 61.9 Å². The van der Waals surface area contributed by atoms with E-state index in [2.05, 4.69) is 20.1 Å². The summed E-state index contributed by atoms with van der Waals surface area (Å²) in [7, 11) is 0. The van der Waals surface area contributed by atoms with Crippen molar-refractivity contribution in [2.24, 2.45) is 0 Å². The van der Waals surface area contributed by atoms with Gasteiger partial charge < -0.3 is 33.2 Å². The van der Waals surface area contributed by atoms with E-state index in [-0.39, 0.29) is 17.8 Å². The molecular formula is C18H20O11. The van der Waals surface area contributed by atoms with Gasteiger partial charge in [0.2, 0.25) is 5.60 Å². The lowest BCUT2D eigenvalue weighted by molar-refractivity contribution is -0.229. The summed E-state index contributed by atoms with van der Waals surface area (Å²) >= 11 is 0. The maximum absolute atomic E-state index is 12.2. The molecule has 0 bridgehead atoms. The molecule has 158 valence electrons. The Labute approximate surface area is 166 Å². The van der Waals surface area contributed by atoms with Gasteiger partial charge in [-0.25, -0.2) is 19.2 Å². The Morgan fingerprint density at radius 3 is 1.72 bits per heavy atom. The van der Waals surface area contributed by atoms with Crippen molar-refractivity contribution < 1.29 is 52.3 Å². The summed E-state index contributed by atoms with van der Waals surface area (Å²) in [6.45, 7) is 11.8. The summed E-state index contributed by atoms with van der Waals surface area (Å²) in [5, 5.41) is 0. The number of hydrogen-bond donors (Lipinski definition) is 0. The first-order valence-electron chi connectivity index (χ1n) is 8.34. The molecule has 2 aliphatic heterocycles. The third-order valence-corrected chi connectivity index (χ3v) is 3.87. The van der Waals surface area contributed by atoms with Gasteiger partial charge in [0.15, 0.2) is 12.2 Å². The molecule has 2 fully saturated rings. The highest BCUT2D eigenvalue weighted by atomic mass is 16.9. The van der Waals surface area contributed by atoms with Crippen molar-refractivity contribution in [1.82, 2.24) is 0 Å². The zero-order valence-corrected chi connectivity index (χ0v) is 15.9. The SMILES string of the molecule is [CH2]COC12[C](OC(=O)OCC1OC(=O)C(=C)C)OC(=O)OCC2OC(=O)C(=C)C. The molecule has 2 saturated heterocycles. The molecule has 0 N–H and O–H groups in total. The van der Waals surface area contributed by atoms with E-state index >= 15 is 0 Å². The lowest BCUT2D eigenvalue weighted by atomic mass is 9.88. The minimum atomic E-state index is -2.13. The first-order valence-corrected chi connectivity index (χ1v) is 8.34. The molecule has 0 aromatic heterocycles. The van der Waals surface area contributed by atoms with E-state index in [0.29, 0.717) is 0 Å². The van der Waals surface area contributed by atoms with Crippen LogP contribution in [0.3, 0.4) is 0 Å². The minimum Gasteiger partial charge on any atom is -0.452 e. The Hall–Kier alpha value is -3.08. The summed E-state index contributed by atoms with van der Waals surface area (Å²) in [4.78, 5) is 48.1. The molecule has 0 aliphatic carbocycles. The molecule has 0 spiro atoms. The largest absolute Gasteiger partial charge is 0.512 e. The fourth-order valence-electron chi connectivity index (χ4n) is 2.51. The molecule has 0 aromatic carbocycles. The van der Waals surface area contributed by atoms with Gasteiger partial charge in [-0.15, -0.1) is 0 Å². The Balaban J connectivity index is 2.60. The van der Waals surface area contributed by atoms with Crippen molar-refractivity contribution in [1.29, 1.82) is 0 Å². The van der Waals surface area contributed by atoms with Gasteiger partial charge in [-0.2, -0.15) is 0 Å². The maximum Gasteiger partial charge on any atom is 0.512 e. The summed E-state index contributed by atoms with van der Waals surface area (Å²) in [5.41, 5.74) is -2.09. The van der Waals surface area contributed by atoms with Gasteiger partial charge in [0.05, 0.1) is 0 Å². The van der Waals surface area contributed by atoms with Gasteiger partial charge in [0.25, 0.3) is 0 Å². The molecule has 2 aliphatic rings. The number of ether oxygens (including phenoxy) is 7. The van der Waals surface area contributed by atoms with Crippen LogP contribution in [0.15, 0.2) is 24.3 Å². The average Bonchev–Trinajstić information content (AvgIpc) is 2.84. The van der Waals surface area contributed by atoms with Gasteiger partial charge in [0.1, 0.15) is 13.2 Å². The first kappa shape index (κ1) is 22.2. The van der Waals surface area contributed by atoms with Gasteiger partial charge in [0, 0.05) is 17.8 Å². The normalized spacial score (nSPS) is 26.9. The first-order chi connectivity index (χ1) is 13.6. The van der Waals surface area contributed by atoms with Crippen molar-refractivity contribution in [3.05, 3.63) is 37.5 Å². The molecule has 29 heavy (non-hydrogen) atoms. The predicted octanol–water partition coefficient (Wildman–Crippen LogP) is 1.37. The van der Waals surface area contributed by atoms with Crippen LogP contribution in [0.1, 0.15) is 13.8 Å². The minimum absolute atomic E-state index is 0.0187. The Morgan fingerprint density at radius 2 is 1.38 bits per heavy atom. The molecule has 2 radical (unpaired) electrons. The molecule has 0 saturated carbocycles. The standard InChI is InChI=1S/C18H20O11/c1-6-25-18-11(26-13(19)9(2)3)7-23-16(21)28-15(18)29-17(22)24-8-12(18)27-14(20)10(4)5/h11-12H,1-2,4,6-8H2,3,5H3. The van der Waals surface area contributed by atoms with Crippen molar-refractivity contribution in [2.45, 2.75) is 31.7 Å². The van der Waals surface area contributed by atoms with Crippen LogP contribution in [0, 0.1) is 13.2 Å². The highest BCUT2D eigenvalue weighted by Gasteiger charge is 2.66. The van der Waals surface area contributed by atoms with Crippen molar-refractivity contribution >= 4 is 24.2 Å². The van der Waals surface area contributed by atoms with Crippen LogP contribution < -0.4 is 0 Å². The maximum atomic E-state index is 12.2. The molecule has 11 nitrogen and oxygen atoms in total. The molecule has 2 heterocycles. The Kier molecular flexibility index (Phi) is 6.85. The van der Waals surface area contributed by atoms with E-state index in [4.69, 9.17) is 33.2 Å². The molecule has 0 aromatic rings. The highest BCUT2D eigenvalue weighted by molar-refractivity contribution is 5.88. The highest BCUT2D eigenvalue weighted by Crippen LogP contribution is 2.42.